The van der Waals surface area contributed by atoms with Gasteiger partial charge < -0.3 is 9.15 Å². The maximum Gasteiger partial charge on any atom is 0.573 e. The van der Waals surface area contributed by atoms with Crippen molar-refractivity contribution in [2.24, 2.45) is 5.84 Å². The van der Waals surface area contributed by atoms with Gasteiger partial charge in [-0.05, 0) is 25.1 Å². The van der Waals surface area contributed by atoms with Crippen LogP contribution in [0.1, 0.15) is 23.1 Å². The lowest BCUT2D eigenvalue weighted by Gasteiger charge is -2.18. The van der Waals surface area contributed by atoms with E-state index in [2.05, 4.69) is 10.2 Å². The van der Waals surface area contributed by atoms with Crippen molar-refractivity contribution in [3.63, 3.8) is 0 Å². The minimum Gasteiger partial charge on any atom is -0.464 e. The minimum atomic E-state index is -4.77. The Labute approximate surface area is 113 Å². The van der Waals surface area contributed by atoms with Crippen molar-refractivity contribution in [1.29, 1.82) is 0 Å². The molecule has 0 saturated carbocycles. The molecule has 0 fully saturated rings. The van der Waals surface area contributed by atoms with Gasteiger partial charge in [-0.3, -0.25) is 5.84 Å². The Bertz CT molecular complexity index is 581. The summed E-state index contributed by atoms with van der Waals surface area (Å²) in [6.07, 6.45) is -4.77. The molecular formula is C13H13F3N2O2. The molecule has 0 aliphatic rings. The first-order valence-corrected chi connectivity index (χ1v) is 5.78. The number of hydrazine groups is 1. The lowest BCUT2D eigenvalue weighted by molar-refractivity contribution is -0.275. The smallest absolute Gasteiger partial charge is 0.464 e. The molecule has 0 spiro atoms. The van der Waals surface area contributed by atoms with E-state index in [1.165, 1.54) is 18.2 Å². The van der Waals surface area contributed by atoms with Crippen molar-refractivity contribution in [1.82, 2.24) is 5.43 Å². The molecule has 0 saturated heterocycles. The summed E-state index contributed by atoms with van der Waals surface area (Å²) in [5.41, 5.74) is 2.67. The summed E-state index contributed by atoms with van der Waals surface area (Å²) in [4.78, 5) is 0. The van der Waals surface area contributed by atoms with Crippen molar-refractivity contribution in [3.8, 4) is 5.75 Å². The number of benzene rings is 1. The van der Waals surface area contributed by atoms with Crippen LogP contribution in [0.4, 0.5) is 13.2 Å². The Morgan fingerprint density at radius 3 is 2.45 bits per heavy atom. The molecule has 1 aromatic heterocycles. The summed E-state index contributed by atoms with van der Waals surface area (Å²) in [7, 11) is 0. The fourth-order valence-corrected chi connectivity index (χ4v) is 1.87. The van der Waals surface area contributed by atoms with Gasteiger partial charge in [-0.2, -0.15) is 0 Å². The highest BCUT2D eigenvalue weighted by Gasteiger charge is 2.33. The lowest BCUT2D eigenvalue weighted by atomic mass is 10.0. The highest BCUT2D eigenvalue weighted by molar-refractivity contribution is 5.39. The Kier molecular flexibility index (Phi) is 4.01. The maximum absolute atomic E-state index is 12.4. The fourth-order valence-electron chi connectivity index (χ4n) is 1.87. The number of para-hydroxylation sites is 1. The number of hydrogen-bond acceptors (Lipinski definition) is 4. The summed E-state index contributed by atoms with van der Waals surface area (Å²) in [5.74, 6) is 6.15. The number of alkyl halides is 3. The predicted octanol–water partition coefficient (Wildman–Crippen LogP) is 3.04. The first-order valence-electron chi connectivity index (χ1n) is 5.78. The Morgan fingerprint density at radius 1 is 1.20 bits per heavy atom. The number of ether oxygens (including phenoxy) is 1. The number of aryl methyl sites for hydroxylation is 1. The maximum atomic E-state index is 12.4. The summed E-state index contributed by atoms with van der Waals surface area (Å²) < 4.78 is 46.6. The summed E-state index contributed by atoms with van der Waals surface area (Å²) in [5, 5.41) is 0. The SMILES string of the molecule is Cc1ccc(C(NN)c2ccccc2OC(F)(F)F)o1. The molecule has 0 amide bonds. The summed E-state index contributed by atoms with van der Waals surface area (Å²) in [6, 6.07) is 8.37. The molecule has 3 N–H and O–H groups in total. The molecule has 20 heavy (non-hydrogen) atoms. The molecule has 1 atom stereocenters. The first-order chi connectivity index (χ1) is 9.40. The van der Waals surface area contributed by atoms with Gasteiger partial charge in [0.05, 0.1) is 0 Å². The van der Waals surface area contributed by atoms with Gasteiger partial charge in [0.1, 0.15) is 23.3 Å². The van der Waals surface area contributed by atoms with Gasteiger partial charge in [-0.15, -0.1) is 13.2 Å². The van der Waals surface area contributed by atoms with Crippen LogP contribution in [-0.2, 0) is 0 Å². The van der Waals surface area contributed by atoms with E-state index in [9.17, 15) is 13.2 Å². The van der Waals surface area contributed by atoms with Crippen LogP contribution in [0.2, 0.25) is 0 Å². The van der Waals surface area contributed by atoms with E-state index in [0.29, 0.717) is 11.5 Å². The second-order valence-corrected chi connectivity index (χ2v) is 4.13. The van der Waals surface area contributed by atoms with Gasteiger partial charge in [0.25, 0.3) is 0 Å². The van der Waals surface area contributed by atoms with Gasteiger partial charge in [0.15, 0.2) is 0 Å². The predicted molar refractivity (Wildman–Crippen MR) is 65.7 cm³/mol. The van der Waals surface area contributed by atoms with Crippen molar-refractivity contribution < 1.29 is 22.3 Å². The third-order valence-electron chi connectivity index (χ3n) is 2.67. The second-order valence-electron chi connectivity index (χ2n) is 4.13. The molecule has 7 heteroatoms. The van der Waals surface area contributed by atoms with Crippen LogP contribution in [0.25, 0.3) is 0 Å². The molecule has 0 aliphatic heterocycles. The van der Waals surface area contributed by atoms with E-state index in [-0.39, 0.29) is 11.3 Å². The molecule has 0 aliphatic carbocycles. The van der Waals surface area contributed by atoms with E-state index in [4.69, 9.17) is 10.3 Å². The van der Waals surface area contributed by atoms with Crippen LogP contribution in [0.15, 0.2) is 40.8 Å². The van der Waals surface area contributed by atoms with E-state index < -0.39 is 12.4 Å². The number of nitrogens with one attached hydrogen (secondary N) is 1. The topological polar surface area (TPSA) is 60.4 Å². The van der Waals surface area contributed by atoms with E-state index >= 15 is 0 Å². The normalized spacial score (nSPS) is 13.2. The van der Waals surface area contributed by atoms with Crippen molar-refractivity contribution >= 4 is 0 Å². The Morgan fingerprint density at radius 2 is 1.90 bits per heavy atom. The van der Waals surface area contributed by atoms with Crippen molar-refractivity contribution in [3.05, 3.63) is 53.5 Å². The second kappa shape index (κ2) is 5.56. The molecule has 0 radical (unpaired) electrons. The average Bonchev–Trinajstić information content (AvgIpc) is 2.77. The number of nitrogens with two attached hydrogens (primary N) is 1. The molecular weight excluding hydrogens is 273 g/mol. The first kappa shape index (κ1) is 14.4. The molecule has 0 bridgehead atoms. The number of rotatable bonds is 4. The monoisotopic (exact) mass is 286 g/mol. The standard InChI is InChI=1S/C13H13F3N2O2/c1-8-6-7-11(19-8)12(18-17)9-4-2-3-5-10(9)20-13(14,15)16/h2-7,12,18H,17H2,1H3. The molecule has 1 heterocycles. The third kappa shape index (κ3) is 3.31. The van der Waals surface area contributed by atoms with E-state index in [1.807, 2.05) is 0 Å². The van der Waals surface area contributed by atoms with Gasteiger partial charge >= 0.3 is 6.36 Å². The number of furan rings is 1. The summed E-state index contributed by atoms with van der Waals surface area (Å²) >= 11 is 0. The van der Waals surface area contributed by atoms with Crippen molar-refractivity contribution in [2.75, 3.05) is 0 Å². The quantitative estimate of drug-likeness (QED) is 0.670. The molecule has 108 valence electrons. The van der Waals surface area contributed by atoms with Crippen LogP contribution < -0.4 is 16.0 Å². The lowest BCUT2D eigenvalue weighted by Crippen LogP contribution is -2.29. The zero-order valence-corrected chi connectivity index (χ0v) is 10.6. The molecule has 1 unspecified atom stereocenters. The zero-order valence-electron chi connectivity index (χ0n) is 10.6. The molecule has 2 rings (SSSR count). The third-order valence-corrected chi connectivity index (χ3v) is 2.67. The Balaban J connectivity index is 2.39. The van der Waals surface area contributed by atoms with Crippen LogP contribution in [0.3, 0.4) is 0 Å². The van der Waals surface area contributed by atoms with Gasteiger partial charge in [-0.1, -0.05) is 18.2 Å². The number of halogens is 3. The number of hydrogen-bond donors (Lipinski definition) is 2. The fraction of sp³-hybridized carbons (Fsp3) is 0.231. The zero-order chi connectivity index (χ0) is 14.8. The van der Waals surface area contributed by atoms with Crippen LogP contribution in [0.5, 0.6) is 5.75 Å². The van der Waals surface area contributed by atoms with Gasteiger partial charge in [-0.25, -0.2) is 5.43 Å². The molecule has 4 nitrogen and oxygen atoms in total. The largest absolute Gasteiger partial charge is 0.573 e. The minimum absolute atomic E-state index is 0.238. The van der Waals surface area contributed by atoms with E-state index in [0.717, 1.165) is 0 Å². The summed E-state index contributed by atoms with van der Waals surface area (Å²) in [6.45, 7) is 1.73. The van der Waals surface area contributed by atoms with Crippen LogP contribution in [0, 0.1) is 6.92 Å². The highest BCUT2D eigenvalue weighted by atomic mass is 19.4. The van der Waals surface area contributed by atoms with Crippen LogP contribution >= 0.6 is 0 Å². The Hall–Kier alpha value is -1.99. The van der Waals surface area contributed by atoms with Gasteiger partial charge in [0.2, 0.25) is 0 Å². The van der Waals surface area contributed by atoms with Crippen molar-refractivity contribution in [2.45, 2.75) is 19.3 Å². The highest BCUT2D eigenvalue weighted by Crippen LogP contribution is 2.33. The molecule has 2 aromatic rings. The van der Waals surface area contributed by atoms with Gasteiger partial charge in [0, 0.05) is 5.56 Å². The average molecular weight is 286 g/mol. The van der Waals surface area contributed by atoms with E-state index in [1.54, 1.807) is 25.1 Å². The van der Waals surface area contributed by atoms with Crippen LogP contribution in [-0.4, -0.2) is 6.36 Å². The molecule has 1 aromatic carbocycles.